The van der Waals surface area contributed by atoms with Crippen molar-refractivity contribution in [3.05, 3.63) is 47.5 Å². The van der Waals surface area contributed by atoms with Crippen LogP contribution >= 0.6 is 0 Å². The lowest BCUT2D eigenvalue weighted by atomic mass is 9.96. The van der Waals surface area contributed by atoms with E-state index in [2.05, 4.69) is 10.2 Å². The highest BCUT2D eigenvalue weighted by molar-refractivity contribution is 5.96. The summed E-state index contributed by atoms with van der Waals surface area (Å²) in [6.07, 6.45) is 6.24. The topological polar surface area (TPSA) is 99.3 Å². The Balaban J connectivity index is 1.73. The fourth-order valence-corrected chi connectivity index (χ4v) is 6.37. The third-order valence-electron chi connectivity index (χ3n) is 9.13. The zero-order valence-corrected chi connectivity index (χ0v) is 28.0. The molecule has 9 heteroatoms. The highest BCUT2D eigenvalue weighted by Crippen LogP contribution is 2.27. The molecule has 0 bridgehead atoms. The second-order valence-electron chi connectivity index (χ2n) is 13.2. The Kier molecular flexibility index (Phi) is 13.0. The largest absolute Gasteiger partial charge is 0.456 e. The summed E-state index contributed by atoms with van der Waals surface area (Å²) >= 11 is 0. The number of carbonyl (C=O) groups excluding carboxylic acids is 4. The molecule has 0 saturated carbocycles. The number of hydrogen-bond donors (Lipinski definition) is 1. The Labute approximate surface area is 264 Å². The van der Waals surface area contributed by atoms with Gasteiger partial charge in [-0.15, -0.1) is 0 Å². The van der Waals surface area contributed by atoms with Crippen LogP contribution in [0.2, 0.25) is 0 Å². The Hall–Kier alpha value is -3.20. The van der Waals surface area contributed by atoms with Gasteiger partial charge in [-0.05, 0) is 70.0 Å². The molecule has 0 aliphatic carbocycles. The van der Waals surface area contributed by atoms with E-state index < -0.39 is 12.1 Å². The van der Waals surface area contributed by atoms with Crippen molar-refractivity contribution in [3.63, 3.8) is 0 Å². The zero-order chi connectivity index (χ0) is 32.6. The van der Waals surface area contributed by atoms with Gasteiger partial charge in [0, 0.05) is 19.2 Å². The molecule has 5 atom stereocenters. The van der Waals surface area contributed by atoms with Crippen LogP contribution in [0.15, 0.2) is 42.0 Å². The van der Waals surface area contributed by atoms with Crippen molar-refractivity contribution in [3.8, 4) is 0 Å². The number of esters is 1. The van der Waals surface area contributed by atoms with Crippen molar-refractivity contribution < 1.29 is 23.9 Å². The van der Waals surface area contributed by atoms with Gasteiger partial charge >= 0.3 is 5.97 Å². The molecule has 3 rings (SSSR count). The number of ether oxygens (including phenoxy) is 1. The molecule has 2 aliphatic heterocycles. The molecule has 0 spiro atoms. The predicted octanol–water partition coefficient (Wildman–Crippen LogP) is 4.73. The van der Waals surface area contributed by atoms with E-state index in [4.69, 9.17) is 4.74 Å². The molecule has 0 radical (unpaired) electrons. The number of piperidine rings is 1. The monoisotopic (exact) mass is 610 g/mol. The summed E-state index contributed by atoms with van der Waals surface area (Å²) in [6, 6.07) is 7.73. The Bertz CT molecular complexity index is 1170. The highest BCUT2D eigenvalue weighted by atomic mass is 16.5. The number of likely N-dealkylation sites (N-methyl/N-ethyl adjacent to an activating group) is 2. The molecule has 244 valence electrons. The van der Waals surface area contributed by atoms with Crippen LogP contribution in [-0.2, 0) is 23.9 Å². The van der Waals surface area contributed by atoms with Gasteiger partial charge in [-0.2, -0.15) is 0 Å². The van der Waals surface area contributed by atoms with E-state index in [0.29, 0.717) is 25.0 Å². The van der Waals surface area contributed by atoms with E-state index in [1.54, 1.807) is 23.8 Å². The molecule has 1 aromatic carbocycles. The first-order valence-electron chi connectivity index (χ1n) is 16.4. The molecule has 1 N–H and O–H groups in total. The van der Waals surface area contributed by atoms with Crippen molar-refractivity contribution >= 4 is 23.7 Å². The minimum Gasteiger partial charge on any atom is -0.456 e. The maximum Gasteiger partial charge on any atom is 0.329 e. The lowest BCUT2D eigenvalue weighted by Crippen LogP contribution is -2.57. The van der Waals surface area contributed by atoms with Crippen LogP contribution < -0.4 is 5.32 Å². The van der Waals surface area contributed by atoms with E-state index in [9.17, 15) is 19.2 Å². The molecular weight excluding hydrogens is 556 g/mol. The summed E-state index contributed by atoms with van der Waals surface area (Å²) in [5, 5.41) is 3.04. The number of rotatable bonds is 12. The van der Waals surface area contributed by atoms with Gasteiger partial charge in [0.05, 0.1) is 12.1 Å². The number of nitrogens with zero attached hydrogens (tertiary/aromatic N) is 3. The Morgan fingerprint density at radius 1 is 0.977 bits per heavy atom. The van der Waals surface area contributed by atoms with Crippen LogP contribution in [0.25, 0.3) is 0 Å². The van der Waals surface area contributed by atoms with Crippen molar-refractivity contribution in [1.29, 1.82) is 0 Å². The molecule has 2 saturated heterocycles. The van der Waals surface area contributed by atoms with Crippen LogP contribution in [0.5, 0.6) is 0 Å². The van der Waals surface area contributed by atoms with Gasteiger partial charge < -0.3 is 19.9 Å². The highest BCUT2D eigenvalue weighted by Gasteiger charge is 2.38. The zero-order valence-electron chi connectivity index (χ0n) is 28.0. The fourth-order valence-electron chi connectivity index (χ4n) is 6.37. The maximum absolute atomic E-state index is 13.8. The molecule has 2 aliphatic rings. The minimum atomic E-state index is -0.678. The second-order valence-corrected chi connectivity index (χ2v) is 13.2. The number of benzene rings is 1. The standard InChI is InChI=1S/C35H54N4O5/c1-9-30(26-16-11-10-12-17-26)44-35(43)28-19-15-21-39(28)33(41)25(6)22-29(23(2)3)38(8)34(42)31(24(4)5)36-32(40)27-18-13-14-20-37(27)7/h10-12,16-17,22-24,27-31H,9,13-15,18-21H2,1-8H3,(H,36,40)/b25-22+/t27-,28+,29?,30-,31+/m1/s1. The van der Waals surface area contributed by atoms with Gasteiger partial charge in [-0.3, -0.25) is 19.3 Å². The normalized spacial score (nSPS) is 21.6. The number of amides is 3. The van der Waals surface area contributed by atoms with E-state index in [-0.39, 0.29) is 53.7 Å². The van der Waals surface area contributed by atoms with Gasteiger partial charge in [0.1, 0.15) is 18.2 Å². The average Bonchev–Trinajstić information content (AvgIpc) is 3.50. The van der Waals surface area contributed by atoms with Crippen LogP contribution in [0.4, 0.5) is 0 Å². The predicted molar refractivity (Wildman–Crippen MR) is 172 cm³/mol. The van der Waals surface area contributed by atoms with Gasteiger partial charge in [-0.25, -0.2) is 4.79 Å². The van der Waals surface area contributed by atoms with Crippen LogP contribution in [0, 0.1) is 11.8 Å². The number of likely N-dealkylation sites (tertiary alicyclic amines) is 2. The maximum atomic E-state index is 13.8. The summed E-state index contributed by atoms with van der Waals surface area (Å²) in [5.74, 6) is -1.00. The first-order valence-corrected chi connectivity index (χ1v) is 16.4. The fraction of sp³-hybridized carbons (Fsp3) is 0.657. The smallest absolute Gasteiger partial charge is 0.329 e. The second kappa shape index (κ2) is 16.2. The summed E-state index contributed by atoms with van der Waals surface area (Å²) < 4.78 is 5.91. The molecule has 2 fully saturated rings. The average molecular weight is 611 g/mol. The van der Waals surface area contributed by atoms with Gasteiger partial charge in [0.25, 0.3) is 0 Å². The van der Waals surface area contributed by atoms with Gasteiger partial charge in [0.2, 0.25) is 17.7 Å². The van der Waals surface area contributed by atoms with E-state index in [0.717, 1.165) is 37.8 Å². The first-order chi connectivity index (χ1) is 20.9. The summed E-state index contributed by atoms with van der Waals surface area (Å²) in [4.78, 5) is 59.4. The molecule has 2 heterocycles. The molecular formula is C35H54N4O5. The molecule has 9 nitrogen and oxygen atoms in total. The molecule has 3 amide bonds. The molecule has 44 heavy (non-hydrogen) atoms. The summed E-state index contributed by atoms with van der Waals surface area (Å²) in [7, 11) is 3.69. The number of nitrogens with one attached hydrogen (secondary N) is 1. The van der Waals surface area contributed by atoms with Crippen molar-refractivity contribution in [2.45, 2.75) is 110 Å². The quantitative estimate of drug-likeness (QED) is 0.272. The van der Waals surface area contributed by atoms with E-state index in [1.807, 2.05) is 78.1 Å². The molecule has 1 unspecified atom stereocenters. The lowest BCUT2D eigenvalue weighted by Gasteiger charge is -2.36. The molecule has 1 aromatic rings. The Morgan fingerprint density at radius 2 is 1.64 bits per heavy atom. The van der Waals surface area contributed by atoms with Crippen LogP contribution in [0.3, 0.4) is 0 Å². The van der Waals surface area contributed by atoms with Crippen molar-refractivity contribution in [2.24, 2.45) is 11.8 Å². The number of carbonyl (C=O) groups is 4. The van der Waals surface area contributed by atoms with Crippen LogP contribution in [-0.4, -0.2) is 89.7 Å². The van der Waals surface area contributed by atoms with Gasteiger partial charge in [0.15, 0.2) is 0 Å². The lowest BCUT2D eigenvalue weighted by molar-refractivity contribution is -0.157. The van der Waals surface area contributed by atoms with Gasteiger partial charge in [-0.1, -0.05) is 77.4 Å². The summed E-state index contributed by atoms with van der Waals surface area (Å²) in [5.41, 5.74) is 1.41. The third kappa shape index (κ3) is 8.71. The Morgan fingerprint density at radius 3 is 2.23 bits per heavy atom. The number of hydrogen-bond acceptors (Lipinski definition) is 6. The first kappa shape index (κ1) is 35.3. The van der Waals surface area contributed by atoms with Crippen LogP contribution in [0.1, 0.15) is 91.7 Å². The SMILES string of the molecule is CC[C@@H](OC(=O)[C@@H]1CCCN1C(=O)/C(C)=C/C(C(C)C)N(C)C(=O)[C@@H](NC(=O)[C@H]1CCCCN1C)C(C)C)c1ccccc1. The van der Waals surface area contributed by atoms with E-state index in [1.165, 1.54) is 0 Å². The molecule has 0 aromatic heterocycles. The summed E-state index contributed by atoms with van der Waals surface area (Å²) in [6.45, 7) is 12.9. The van der Waals surface area contributed by atoms with E-state index >= 15 is 0 Å². The third-order valence-corrected chi connectivity index (χ3v) is 9.13. The minimum absolute atomic E-state index is 0.00946. The van der Waals surface area contributed by atoms with Crippen molar-refractivity contribution in [2.75, 3.05) is 27.2 Å². The van der Waals surface area contributed by atoms with Crippen molar-refractivity contribution in [1.82, 2.24) is 20.0 Å².